The molecule has 0 aromatic heterocycles. The molecule has 3 rings (SSSR count). The number of ether oxygens (including phenoxy) is 3. The Bertz CT molecular complexity index is 767. The van der Waals surface area contributed by atoms with E-state index in [-0.39, 0.29) is 0 Å². The lowest BCUT2D eigenvalue weighted by molar-refractivity contribution is 0.0374. The fourth-order valence-corrected chi connectivity index (χ4v) is 3.79. The highest BCUT2D eigenvalue weighted by atomic mass is 79.9. The number of hydrogen-bond acceptors (Lipinski definition) is 5. The second-order valence-corrected chi connectivity index (χ2v) is 8.28. The van der Waals surface area contributed by atoms with Crippen LogP contribution in [-0.4, -0.2) is 51.4 Å². The monoisotopic (exact) mass is 482 g/mol. The van der Waals surface area contributed by atoms with Crippen LogP contribution in [0.2, 0.25) is 5.02 Å². The predicted molar refractivity (Wildman–Crippen MR) is 120 cm³/mol. The van der Waals surface area contributed by atoms with Gasteiger partial charge in [0.25, 0.3) is 0 Å². The molecule has 0 radical (unpaired) electrons. The number of halogens is 2. The smallest absolute Gasteiger partial charge is 0.162 e. The lowest BCUT2D eigenvalue weighted by atomic mass is 10.2. The minimum absolute atomic E-state index is 0.457. The van der Waals surface area contributed by atoms with Crippen LogP contribution < -0.4 is 14.8 Å². The number of nitrogens with one attached hydrogen (secondary N) is 1. The van der Waals surface area contributed by atoms with Crippen LogP contribution in [0.4, 0.5) is 0 Å². The van der Waals surface area contributed by atoms with Gasteiger partial charge in [0.15, 0.2) is 11.5 Å². The molecule has 7 heteroatoms. The van der Waals surface area contributed by atoms with Crippen LogP contribution in [-0.2, 0) is 17.9 Å². The van der Waals surface area contributed by atoms with Crippen molar-refractivity contribution in [3.8, 4) is 11.5 Å². The van der Waals surface area contributed by atoms with Gasteiger partial charge >= 0.3 is 0 Å². The van der Waals surface area contributed by atoms with E-state index in [0.29, 0.717) is 12.4 Å². The molecule has 1 saturated heterocycles. The first-order chi connectivity index (χ1) is 14.2. The van der Waals surface area contributed by atoms with Crippen LogP contribution in [0, 0.1) is 0 Å². The van der Waals surface area contributed by atoms with Gasteiger partial charge in [0.05, 0.1) is 20.3 Å². The molecule has 1 heterocycles. The third-order valence-electron chi connectivity index (χ3n) is 4.89. The number of rotatable bonds is 10. The number of morpholine rings is 1. The molecule has 0 aliphatic carbocycles. The minimum Gasteiger partial charge on any atom is -0.493 e. The van der Waals surface area contributed by atoms with Gasteiger partial charge in [0.2, 0.25) is 0 Å². The van der Waals surface area contributed by atoms with Crippen molar-refractivity contribution >= 4 is 27.5 Å². The van der Waals surface area contributed by atoms with Crippen molar-refractivity contribution in [3.63, 3.8) is 0 Å². The maximum absolute atomic E-state index is 5.97. The summed E-state index contributed by atoms with van der Waals surface area (Å²) < 4.78 is 17.9. The molecule has 29 heavy (non-hydrogen) atoms. The predicted octanol–water partition coefficient (Wildman–Crippen LogP) is 4.50. The van der Waals surface area contributed by atoms with E-state index in [0.717, 1.165) is 78.7 Å². The van der Waals surface area contributed by atoms with Gasteiger partial charge in [-0.1, -0.05) is 39.7 Å². The summed E-state index contributed by atoms with van der Waals surface area (Å²) in [5.41, 5.74) is 2.20. The summed E-state index contributed by atoms with van der Waals surface area (Å²) in [5, 5.41) is 4.24. The van der Waals surface area contributed by atoms with E-state index < -0.39 is 0 Å². The third kappa shape index (κ3) is 7.15. The molecule has 1 aliphatic heterocycles. The van der Waals surface area contributed by atoms with E-state index in [9.17, 15) is 0 Å². The Morgan fingerprint density at radius 2 is 1.90 bits per heavy atom. The molecule has 158 valence electrons. The van der Waals surface area contributed by atoms with Crippen molar-refractivity contribution in [2.24, 2.45) is 0 Å². The summed E-state index contributed by atoms with van der Waals surface area (Å²) >= 11 is 9.60. The summed E-state index contributed by atoms with van der Waals surface area (Å²) in [6.07, 6.45) is 1.12. The second kappa shape index (κ2) is 11.8. The summed E-state index contributed by atoms with van der Waals surface area (Å²) in [5.74, 6) is 1.44. The molecule has 0 spiro atoms. The SMILES string of the molecule is COc1cc(CNCCCN2CCOCC2)c(Br)cc1OCc1ccc(Cl)cc1. The minimum atomic E-state index is 0.457. The molecule has 5 nitrogen and oxygen atoms in total. The number of hydrogen-bond donors (Lipinski definition) is 1. The average molecular weight is 484 g/mol. The van der Waals surface area contributed by atoms with Crippen LogP contribution in [0.15, 0.2) is 40.9 Å². The van der Waals surface area contributed by atoms with Crippen LogP contribution >= 0.6 is 27.5 Å². The molecule has 2 aromatic carbocycles. The zero-order chi connectivity index (χ0) is 20.5. The topological polar surface area (TPSA) is 43.0 Å². The summed E-state index contributed by atoms with van der Waals surface area (Å²) in [6, 6.07) is 11.6. The Kier molecular flexibility index (Phi) is 9.08. The first-order valence-corrected chi connectivity index (χ1v) is 11.1. The first-order valence-electron chi connectivity index (χ1n) is 9.90. The summed E-state index contributed by atoms with van der Waals surface area (Å²) in [6.45, 7) is 7.11. The van der Waals surface area contributed by atoms with E-state index in [2.05, 4.69) is 26.1 Å². The molecular weight excluding hydrogens is 456 g/mol. The molecule has 0 amide bonds. The molecular formula is C22H28BrClN2O3. The van der Waals surface area contributed by atoms with Gasteiger partial charge in [-0.15, -0.1) is 0 Å². The maximum atomic E-state index is 5.97. The number of benzene rings is 2. The average Bonchev–Trinajstić information content (AvgIpc) is 2.75. The number of methoxy groups -OCH3 is 1. The lowest BCUT2D eigenvalue weighted by Gasteiger charge is -2.26. The Hall–Kier alpha value is -1.31. The third-order valence-corrected chi connectivity index (χ3v) is 5.88. The molecule has 1 aliphatic rings. The summed E-state index contributed by atoms with van der Waals surface area (Å²) in [7, 11) is 1.66. The lowest BCUT2D eigenvalue weighted by Crippen LogP contribution is -2.37. The largest absolute Gasteiger partial charge is 0.493 e. The van der Waals surface area contributed by atoms with Gasteiger partial charge in [-0.25, -0.2) is 0 Å². The van der Waals surface area contributed by atoms with Crippen molar-refractivity contribution in [3.05, 3.63) is 57.0 Å². The normalized spacial score (nSPS) is 14.7. The van der Waals surface area contributed by atoms with E-state index in [1.54, 1.807) is 7.11 Å². The molecule has 0 saturated carbocycles. The van der Waals surface area contributed by atoms with Gasteiger partial charge in [-0.05, 0) is 54.9 Å². The Labute approximate surface area is 186 Å². The molecule has 1 fully saturated rings. The van der Waals surface area contributed by atoms with E-state index in [1.165, 1.54) is 0 Å². The van der Waals surface area contributed by atoms with Gasteiger partial charge < -0.3 is 19.5 Å². The fraction of sp³-hybridized carbons (Fsp3) is 0.455. The highest BCUT2D eigenvalue weighted by Gasteiger charge is 2.12. The highest BCUT2D eigenvalue weighted by molar-refractivity contribution is 9.10. The standard InChI is InChI=1S/C22H28BrClN2O3/c1-27-21-13-18(15-25-7-2-8-26-9-11-28-12-10-26)20(23)14-22(21)29-16-17-3-5-19(24)6-4-17/h3-6,13-14,25H,2,7-12,15-16H2,1H3. The Balaban J connectivity index is 1.48. The Morgan fingerprint density at radius 1 is 1.14 bits per heavy atom. The quantitative estimate of drug-likeness (QED) is 0.504. The van der Waals surface area contributed by atoms with Crippen LogP contribution in [0.3, 0.4) is 0 Å². The zero-order valence-corrected chi connectivity index (χ0v) is 19.1. The van der Waals surface area contributed by atoms with Gasteiger partial charge in [-0.2, -0.15) is 0 Å². The molecule has 2 aromatic rings. The van der Waals surface area contributed by atoms with Crippen molar-refractivity contribution < 1.29 is 14.2 Å². The van der Waals surface area contributed by atoms with Gasteiger partial charge in [0.1, 0.15) is 6.61 Å². The van der Waals surface area contributed by atoms with E-state index in [1.807, 2.05) is 36.4 Å². The second-order valence-electron chi connectivity index (χ2n) is 6.99. The molecule has 0 bridgehead atoms. The number of nitrogens with zero attached hydrogens (tertiary/aromatic N) is 1. The first kappa shape index (κ1) is 22.4. The van der Waals surface area contributed by atoms with Crippen LogP contribution in [0.25, 0.3) is 0 Å². The van der Waals surface area contributed by atoms with Crippen molar-refractivity contribution in [2.45, 2.75) is 19.6 Å². The molecule has 0 unspecified atom stereocenters. The van der Waals surface area contributed by atoms with E-state index in [4.69, 9.17) is 25.8 Å². The highest BCUT2D eigenvalue weighted by Crippen LogP contribution is 2.34. The van der Waals surface area contributed by atoms with Crippen molar-refractivity contribution in [2.75, 3.05) is 46.5 Å². The van der Waals surface area contributed by atoms with Crippen LogP contribution in [0.1, 0.15) is 17.5 Å². The zero-order valence-electron chi connectivity index (χ0n) is 16.8. The fourth-order valence-electron chi connectivity index (χ4n) is 3.20. The maximum Gasteiger partial charge on any atom is 0.162 e. The van der Waals surface area contributed by atoms with Gasteiger partial charge in [-0.3, -0.25) is 4.90 Å². The van der Waals surface area contributed by atoms with Crippen molar-refractivity contribution in [1.29, 1.82) is 0 Å². The Morgan fingerprint density at radius 3 is 2.62 bits per heavy atom. The molecule has 1 N–H and O–H groups in total. The summed E-state index contributed by atoms with van der Waals surface area (Å²) in [4.78, 5) is 2.46. The van der Waals surface area contributed by atoms with E-state index >= 15 is 0 Å². The molecule has 0 atom stereocenters. The van der Waals surface area contributed by atoms with Crippen molar-refractivity contribution in [1.82, 2.24) is 10.2 Å². The van der Waals surface area contributed by atoms with Crippen LogP contribution in [0.5, 0.6) is 11.5 Å². The van der Waals surface area contributed by atoms with Gasteiger partial charge in [0, 0.05) is 29.1 Å².